The Hall–Kier alpha value is -2.20. The molecule has 1 aromatic rings. The van der Waals surface area contributed by atoms with Crippen LogP contribution in [0.5, 0.6) is 11.5 Å². The van der Waals surface area contributed by atoms with Crippen molar-refractivity contribution < 1.29 is 9.47 Å². The Morgan fingerprint density at radius 3 is 2.00 bits per heavy atom. The van der Waals surface area contributed by atoms with Gasteiger partial charge in [-0.1, -0.05) is 0 Å². The van der Waals surface area contributed by atoms with Crippen LogP contribution in [-0.4, -0.2) is 12.2 Å². The lowest BCUT2D eigenvalue weighted by Crippen LogP contribution is -2.11. The summed E-state index contributed by atoms with van der Waals surface area (Å²) in [5, 5.41) is 18.3. The molecule has 0 N–H and O–H groups in total. The molecule has 0 fully saturated rings. The average molecular weight is 244 g/mol. The molecule has 94 valence electrons. The van der Waals surface area contributed by atoms with Crippen molar-refractivity contribution >= 4 is 0 Å². The average Bonchev–Trinajstić information content (AvgIpc) is 2.28. The Balaban J connectivity index is 3.34. The summed E-state index contributed by atoms with van der Waals surface area (Å²) in [5.74, 6) is 0.746. The van der Waals surface area contributed by atoms with E-state index in [1.54, 1.807) is 12.1 Å². The summed E-state index contributed by atoms with van der Waals surface area (Å²) in [6.45, 7) is 7.45. The highest BCUT2D eigenvalue weighted by Crippen LogP contribution is 2.32. The summed E-state index contributed by atoms with van der Waals surface area (Å²) in [6.07, 6.45) is -0.157. The van der Waals surface area contributed by atoms with E-state index in [-0.39, 0.29) is 17.8 Å². The van der Waals surface area contributed by atoms with E-state index in [2.05, 4.69) is 0 Å². The van der Waals surface area contributed by atoms with Crippen molar-refractivity contribution in [1.82, 2.24) is 0 Å². The van der Waals surface area contributed by atoms with Crippen molar-refractivity contribution in [2.24, 2.45) is 0 Å². The van der Waals surface area contributed by atoms with Crippen molar-refractivity contribution in [3.63, 3.8) is 0 Å². The fourth-order valence-corrected chi connectivity index (χ4v) is 1.47. The molecule has 1 rings (SSSR count). The van der Waals surface area contributed by atoms with E-state index < -0.39 is 0 Å². The van der Waals surface area contributed by atoms with Gasteiger partial charge in [-0.15, -0.1) is 0 Å². The van der Waals surface area contributed by atoms with Crippen molar-refractivity contribution in [3.8, 4) is 23.6 Å². The molecule has 0 aliphatic heterocycles. The highest BCUT2D eigenvalue weighted by atomic mass is 16.5. The number of rotatable bonds is 4. The van der Waals surface area contributed by atoms with Gasteiger partial charge in [-0.2, -0.15) is 10.5 Å². The summed E-state index contributed by atoms with van der Waals surface area (Å²) in [5.41, 5.74) is 0.618. The lowest BCUT2D eigenvalue weighted by molar-refractivity contribution is 0.227. The zero-order chi connectivity index (χ0) is 13.7. The van der Waals surface area contributed by atoms with E-state index in [0.717, 1.165) is 0 Å². The third-order valence-electron chi connectivity index (χ3n) is 2.07. The number of nitriles is 2. The largest absolute Gasteiger partial charge is 0.489 e. The smallest absolute Gasteiger partial charge is 0.158 e. The van der Waals surface area contributed by atoms with E-state index in [9.17, 15) is 5.26 Å². The topological polar surface area (TPSA) is 66.0 Å². The minimum absolute atomic E-state index is 0.0445. The van der Waals surface area contributed by atoms with Gasteiger partial charge in [0.2, 0.25) is 0 Å². The molecule has 0 aliphatic rings. The zero-order valence-corrected chi connectivity index (χ0v) is 11.0. The summed E-state index contributed by atoms with van der Waals surface area (Å²) in [4.78, 5) is 0. The minimum atomic E-state index is -0.113. The summed E-state index contributed by atoms with van der Waals surface area (Å²) in [7, 11) is 0. The third-order valence-corrected chi connectivity index (χ3v) is 2.07. The molecule has 0 atom stereocenters. The van der Waals surface area contributed by atoms with E-state index >= 15 is 0 Å². The number of ether oxygens (including phenoxy) is 2. The molecule has 0 aliphatic carbocycles. The van der Waals surface area contributed by atoms with Crippen LogP contribution in [0.15, 0.2) is 12.1 Å². The molecule has 0 bridgehead atoms. The van der Waals surface area contributed by atoms with Crippen LogP contribution in [0.2, 0.25) is 0 Å². The molecule has 4 nitrogen and oxygen atoms in total. The summed E-state index contributed by atoms with van der Waals surface area (Å²) in [6, 6.07) is 7.31. The van der Waals surface area contributed by atoms with Gasteiger partial charge in [0.15, 0.2) is 5.75 Å². The Labute approximate surface area is 107 Å². The van der Waals surface area contributed by atoms with Crippen molar-refractivity contribution in [2.75, 3.05) is 0 Å². The van der Waals surface area contributed by atoms with Gasteiger partial charge in [0.1, 0.15) is 23.5 Å². The molecule has 0 spiro atoms. The number of nitrogens with zero attached hydrogens (tertiary/aromatic N) is 2. The molecular formula is C14H16N2O2. The van der Waals surface area contributed by atoms with Crippen molar-refractivity contribution in [2.45, 2.75) is 39.9 Å². The van der Waals surface area contributed by atoms with E-state index in [4.69, 9.17) is 14.7 Å². The van der Waals surface area contributed by atoms with Crippen LogP contribution in [0.1, 0.15) is 38.8 Å². The molecule has 0 saturated heterocycles. The Bertz CT molecular complexity index is 508. The second-order valence-corrected chi connectivity index (χ2v) is 4.37. The van der Waals surface area contributed by atoms with E-state index in [0.29, 0.717) is 17.1 Å². The van der Waals surface area contributed by atoms with Crippen LogP contribution >= 0.6 is 0 Å². The molecular weight excluding hydrogens is 228 g/mol. The van der Waals surface area contributed by atoms with Gasteiger partial charge in [0.05, 0.1) is 17.8 Å². The molecule has 0 saturated carbocycles. The zero-order valence-electron chi connectivity index (χ0n) is 11.0. The quantitative estimate of drug-likeness (QED) is 0.816. The Kier molecular flexibility index (Phi) is 4.57. The maximum Gasteiger partial charge on any atom is 0.158 e. The molecule has 0 aromatic heterocycles. The molecule has 0 amide bonds. The van der Waals surface area contributed by atoms with Gasteiger partial charge in [0.25, 0.3) is 0 Å². The number of hydrogen-bond donors (Lipinski definition) is 0. The van der Waals surface area contributed by atoms with Gasteiger partial charge in [0, 0.05) is 0 Å². The first kappa shape index (κ1) is 13.9. The monoisotopic (exact) mass is 244 g/mol. The van der Waals surface area contributed by atoms with Gasteiger partial charge < -0.3 is 9.47 Å². The fraction of sp³-hybridized carbons (Fsp3) is 0.429. The molecule has 4 heteroatoms. The van der Waals surface area contributed by atoms with Gasteiger partial charge >= 0.3 is 0 Å². The maximum absolute atomic E-state index is 9.23. The van der Waals surface area contributed by atoms with E-state index in [1.165, 1.54) is 0 Å². The van der Waals surface area contributed by atoms with Gasteiger partial charge in [-0.25, -0.2) is 0 Å². The fourth-order valence-electron chi connectivity index (χ4n) is 1.47. The standard InChI is InChI=1S/C14H16N2O2/c1-9(2)17-13-6-5-11(7-15)14(12(13)8-16)18-10(3)4/h5-6,9-10H,1-4H3. The molecule has 1 aromatic carbocycles. The highest BCUT2D eigenvalue weighted by molar-refractivity contribution is 5.60. The Morgan fingerprint density at radius 1 is 0.944 bits per heavy atom. The predicted molar refractivity (Wildman–Crippen MR) is 67.4 cm³/mol. The first-order chi connectivity index (χ1) is 8.49. The Morgan fingerprint density at radius 2 is 1.56 bits per heavy atom. The highest BCUT2D eigenvalue weighted by Gasteiger charge is 2.17. The molecule has 0 heterocycles. The van der Waals surface area contributed by atoms with Crippen LogP contribution in [0, 0.1) is 22.7 Å². The van der Waals surface area contributed by atoms with Crippen molar-refractivity contribution in [1.29, 1.82) is 10.5 Å². The predicted octanol–water partition coefficient (Wildman–Crippen LogP) is 3.00. The maximum atomic E-state index is 9.23. The lowest BCUT2D eigenvalue weighted by atomic mass is 10.1. The van der Waals surface area contributed by atoms with Crippen LogP contribution in [0.4, 0.5) is 0 Å². The van der Waals surface area contributed by atoms with Crippen LogP contribution in [-0.2, 0) is 0 Å². The summed E-state index contributed by atoms with van der Waals surface area (Å²) < 4.78 is 11.1. The summed E-state index contributed by atoms with van der Waals surface area (Å²) >= 11 is 0. The first-order valence-electron chi connectivity index (χ1n) is 5.80. The SMILES string of the molecule is CC(C)Oc1ccc(C#N)c(OC(C)C)c1C#N. The molecule has 0 unspecified atom stereocenters. The number of benzene rings is 1. The van der Waals surface area contributed by atoms with Crippen molar-refractivity contribution in [3.05, 3.63) is 23.3 Å². The molecule has 18 heavy (non-hydrogen) atoms. The minimum Gasteiger partial charge on any atom is -0.489 e. The van der Waals surface area contributed by atoms with Gasteiger partial charge in [-0.3, -0.25) is 0 Å². The van der Waals surface area contributed by atoms with Crippen LogP contribution in [0.3, 0.4) is 0 Å². The van der Waals surface area contributed by atoms with Crippen LogP contribution < -0.4 is 9.47 Å². The second-order valence-electron chi connectivity index (χ2n) is 4.37. The van der Waals surface area contributed by atoms with E-state index in [1.807, 2.05) is 39.8 Å². The molecule has 0 radical (unpaired) electrons. The number of hydrogen-bond acceptors (Lipinski definition) is 4. The third kappa shape index (κ3) is 3.15. The lowest BCUT2D eigenvalue weighted by Gasteiger charge is -2.17. The first-order valence-corrected chi connectivity index (χ1v) is 5.80. The normalized spacial score (nSPS) is 10.0. The van der Waals surface area contributed by atoms with Crippen LogP contribution in [0.25, 0.3) is 0 Å². The van der Waals surface area contributed by atoms with Gasteiger partial charge in [-0.05, 0) is 39.8 Å². The second kappa shape index (κ2) is 5.93.